The van der Waals surface area contributed by atoms with E-state index in [0.29, 0.717) is 12.1 Å². The monoisotopic (exact) mass is 215 g/mol. The third kappa shape index (κ3) is 1.24. The van der Waals surface area contributed by atoms with Crippen LogP contribution in [0.4, 0.5) is 8.78 Å². The van der Waals surface area contributed by atoms with Crippen molar-refractivity contribution in [2.45, 2.75) is 13.5 Å². The maximum absolute atomic E-state index is 13.2. The summed E-state index contributed by atoms with van der Waals surface area (Å²) >= 11 is 0.804. The summed E-state index contributed by atoms with van der Waals surface area (Å²) in [6.45, 7) is 2.18. The highest BCUT2D eigenvalue weighted by Gasteiger charge is 2.11. The molecule has 0 saturated carbocycles. The normalized spacial score (nSPS) is 11.1. The Balaban J connectivity index is 2.95. The maximum atomic E-state index is 13.2. The molecule has 0 amide bonds. The van der Waals surface area contributed by atoms with Crippen molar-refractivity contribution in [3.63, 3.8) is 0 Å². The van der Waals surface area contributed by atoms with Gasteiger partial charge < -0.3 is 0 Å². The number of halogens is 2. The van der Waals surface area contributed by atoms with E-state index in [2.05, 4.69) is 0 Å². The predicted octanol–water partition coefficient (Wildman–Crippen LogP) is 2.36. The molecule has 0 saturated heterocycles. The highest BCUT2D eigenvalue weighted by Crippen LogP contribution is 2.21. The van der Waals surface area contributed by atoms with Crippen molar-refractivity contribution in [2.75, 3.05) is 0 Å². The van der Waals surface area contributed by atoms with E-state index in [1.54, 1.807) is 6.92 Å². The van der Waals surface area contributed by atoms with Crippen LogP contribution in [0.15, 0.2) is 16.9 Å². The number of nitrogens with zero attached hydrogens (tertiary/aromatic N) is 1. The molecular weight excluding hydrogens is 208 g/mol. The summed E-state index contributed by atoms with van der Waals surface area (Å²) in [6, 6.07) is 1.97. The number of rotatable bonds is 1. The van der Waals surface area contributed by atoms with Gasteiger partial charge in [0.05, 0.1) is 10.2 Å². The van der Waals surface area contributed by atoms with E-state index in [-0.39, 0.29) is 9.57 Å². The summed E-state index contributed by atoms with van der Waals surface area (Å²) in [5, 5.41) is 0. The molecule has 0 fully saturated rings. The van der Waals surface area contributed by atoms with Gasteiger partial charge in [-0.3, -0.25) is 9.36 Å². The summed E-state index contributed by atoms with van der Waals surface area (Å²) in [5.74, 6) is -1.33. The van der Waals surface area contributed by atoms with Crippen LogP contribution in [-0.2, 0) is 6.54 Å². The van der Waals surface area contributed by atoms with Gasteiger partial charge in [-0.1, -0.05) is 11.3 Å². The van der Waals surface area contributed by atoms with Crippen LogP contribution in [0.3, 0.4) is 0 Å². The Morgan fingerprint density at radius 2 is 2.14 bits per heavy atom. The van der Waals surface area contributed by atoms with Crippen molar-refractivity contribution in [2.24, 2.45) is 0 Å². The Labute approximate surface area is 82.4 Å². The first-order valence-corrected chi connectivity index (χ1v) is 4.93. The van der Waals surface area contributed by atoms with Crippen molar-refractivity contribution in [3.05, 3.63) is 33.4 Å². The minimum absolute atomic E-state index is 0.221. The molecule has 1 heterocycles. The van der Waals surface area contributed by atoms with Crippen LogP contribution in [0, 0.1) is 11.6 Å². The van der Waals surface area contributed by atoms with Gasteiger partial charge in [0, 0.05) is 12.6 Å². The standard InChI is InChI=1S/C9H7F2NOS/c1-2-12-7-4-5(10)3-6(11)8(7)14-9(12)13/h3-4H,2H2,1H3. The van der Waals surface area contributed by atoms with Crippen LogP contribution in [0.5, 0.6) is 0 Å². The minimum Gasteiger partial charge on any atom is -0.299 e. The fourth-order valence-electron chi connectivity index (χ4n) is 1.39. The number of aryl methyl sites for hydroxylation is 1. The zero-order valence-corrected chi connectivity index (χ0v) is 8.20. The Bertz CT molecular complexity index is 543. The smallest absolute Gasteiger partial charge is 0.299 e. The molecule has 2 aromatic rings. The number of hydrogen-bond acceptors (Lipinski definition) is 2. The zero-order valence-electron chi connectivity index (χ0n) is 7.38. The first kappa shape index (κ1) is 9.33. The second-order valence-electron chi connectivity index (χ2n) is 2.85. The number of hydrogen-bond donors (Lipinski definition) is 0. The molecule has 74 valence electrons. The van der Waals surface area contributed by atoms with Gasteiger partial charge in [-0.15, -0.1) is 0 Å². The molecule has 0 N–H and O–H groups in total. The first-order chi connectivity index (χ1) is 6.63. The maximum Gasteiger partial charge on any atom is 0.308 e. The molecule has 2 nitrogen and oxygen atoms in total. The van der Waals surface area contributed by atoms with E-state index in [1.165, 1.54) is 10.6 Å². The second-order valence-corrected chi connectivity index (χ2v) is 3.81. The number of thiazole rings is 1. The SMILES string of the molecule is CCn1c(=O)sc2c(F)cc(F)cc21. The topological polar surface area (TPSA) is 22.0 Å². The number of benzene rings is 1. The summed E-state index contributed by atoms with van der Waals surface area (Å²) in [7, 11) is 0. The van der Waals surface area contributed by atoms with Crippen LogP contribution in [0.25, 0.3) is 10.2 Å². The van der Waals surface area contributed by atoms with E-state index in [9.17, 15) is 13.6 Å². The molecule has 0 aliphatic heterocycles. The molecule has 5 heteroatoms. The van der Waals surface area contributed by atoms with Crippen molar-refractivity contribution in [3.8, 4) is 0 Å². The van der Waals surface area contributed by atoms with Crippen molar-refractivity contribution < 1.29 is 8.78 Å². The van der Waals surface area contributed by atoms with Crippen LogP contribution in [0.2, 0.25) is 0 Å². The van der Waals surface area contributed by atoms with E-state index >= 15 is 0 Å². The lowest BCUT2D eigenvalue weighted by atomic mass is 10.3. The van der Waals surface area contributed by atoms with E-state index < -0.39 is 11.6 Å². The molecule has 0 aliphatic carbocycles. The Hall–Kier alpha value is -1.23. The van der Waals surface area contributed by atoms with Crippen molar-refractivity contribution >= 4 is 21.6 Å². The van der Waals surface area contributed by atoms with Crippen LogP contribution < -0.4 is 4.87 Å². The van der Waals surface area contributed by atoms with Gasteiger partial charge in [0.25, 0.3) is 0 Å². The molecule has 0 aliphatic rings. The molecule has 0 radical (unpaired) electrons. The third-order valence-electron chi connectivity index (χ3n) is 2.01. The lowest BCUT2D eigenvalue weighted by Crippen LogP contribution is -2.10. The van der Waals surface area contributed by atoms with E-state index in [4.69, 9.17) is 0 Å². The van der Waals surface area contributed by atoms with Crippen LogP contribution >= 0.6 is 11.3 Å². The zero-order chi connectivity index (χ0) is 10.3. The van der Waals surface area contributed by atoms with Crippen LogP contribution in [-0.4, -0.2) is 4.57 Å². The predicted molar refractivity (Wildman–Crippen MR) is 51.7 cm³/mol. The van der Waals surface area contributed by atoms with Gasteiger partial charge in [0.1, 0.15) is 11.6 Å². The van der Waals surface area contributed by atoms with Gasteiger partial charge in [-0.05, 0) is 13.0 Å². The van der Waals surface area contributed by atoms with Gasteiger partial charge >= 0.3 is 4.87 Å². The summed E-state index contributed by atoms with van der Waals surface area (Å²) in [5.41, 5.74) is 0.333. The third-order valence-corrected chi connectivity index (χ3v) is 3.01. The molecule has 0 bridgehead atoms. The average molecular weight is 215 g/mol. The summed E-state index contributed by atoms with van der Waals surface area (Å²) in [4.78, 5) is 11.1. The molecule has 0 spiro atoms. The fourth-order valence-corrected chi connectivity index (χ4v) is 2.33. The molecule has 1 aromatic heterocycles. The van der Waals surface area contributed by atoms with Gasteiger partial charge in [-0.25, -0.2) is 8.78 Å². The minimum atomic E-state index is -0.672. The summed E-state index contributed by atoms with van der Waals surface area (Å²) in [6.07, 6.45) is 0. The number of aromatic nitrogens is 1. The van der Waals surface area contributed by atoms with Crippen molar-refractivity contribution in [1.29, 1.82) is 0 Å². The van der Waals surface area contributed by atoms with Gasteiger partial charge in [0.15, 0.2) is 0 Å². The fraction of sp³-hybridized carbons (Fsp3) is 0.222. The Kier molecular flexibility index (Phi) is 2.11. The Morgan fingerprint density at radius 3 is 2.79 bits per heavy atom. The molecular formula is C9H7F2NOS. The van der Waals surface area contributed by atoms with Crippen molar-refractivity contribution in [1.82, 2.24) is 4.57 Å². The lowest BCUT2D eigenvalue weighted by Gasteiger charge is -1.98. The van der Waals surface area contributed by atoms with Gasteiger partial charge in [-0.2, -0.15) is 0 Å². The highest BCUT2D eigenvalue weighted by atomic mass is 32.1. The van der Waals surface area contributed by atoms with E-state index in [1.807, 2.05) is 0 Å². The molecule has 14 heavy (non-hydrogen) atoms. The Morgan fingerprint density at radius 1 is 1.43 bits per heavy atom. The first-order valence-electron chi connectivity index (χ1n) is 4.12. The molecule has 1 aromatic carbocycles. The average Bonchev–Trinajstić information content (AvgIpc) is 2.41. The van der Waals surface area contributed by atoms with Crippen LogP contribution in [0.1, 0.15) is 6.92 Å². The van der Waals surface area contributed by atoms with E-state index in [0.717, 1.165) is 17.4 Å². The lowest BCUT2D eigenvalue weighted by molar-refractivity contribution is 0.591. The molecule has 0 unspecified atom stereocenters. The quantitative estimate of drug-likeness (QED) is 0.715. The molecule has 0 atom stereocenters. The van der Waals surface area contributed by atoms with Gasteiger partial charge in [0.2, 0.25) is 0 Å². The second kappa shape index (κ2) is 3.16. The molecule has 2 rings (SSSR count). The summed E-state index contributed by atoms with van der Waals surface area (Å²) < 4.78 is 27.6. The number of fused-ring (bicyclic) bond motifs is 1. The highest BCUT2D eigenvalue weighted by molar-refractivity contribution is 7.16. The largest absolute Gasteiger partial charge is 0.308 e.